The minimum absolute atomic E-state index is 0.188. The maximum atomic E-state index is 12.6. The number of nitrogens with one attached hydrogen (secondary N) is 1. The summed E-state index contributed by atoms with van der Waals surface area (Å²) < 4.78 is 42.9. The van der Waals surface area contributed by atoms with Gasteiger partial charge in [-0.25, -0.2) is 0 Å². The molecule has 0 amide bonds. The summed E-state index contributed by atoms with van der Waals surface area (Å²) in [6.07, 6.45) is -4.31. The van der Waals surface area contributed by atoms with E-state index in [0.717, 1.165) is 28.3 Å². The van der Waals surface area contributed by atoms with Crippen molar-refractivity contribution in [3.63, 3.8) is 0 Å². The normalized spacial score (nSPS) is 13.2. The second kappa shape index (κ2) is 5.85. The zero-order valence-corrected chi connectivity index (χ0v) is 11.8. The van der Waals surface area contributed by atoms with Gasteiger partial charge in [-0.2, -0.15) is 13.2 Å². The first kappa shape index (κ1) is 14.9. The Kier molecular flexibility index (Phi) is 4.35. The van der Waals surface area contributed by atoms with Crippen LogP contribution in [0.4, 0.5) is 13.2 Å². The van der Waals surface area contributed by atoms with Crippen LogP contribution in [-0.2, 0) is 6.18 Å². The summed E-state index contributed by atoms with van der Waals surface area (Å²) in [6.45, 7) is 0. The summed E-state index contributed by atoms with van der Waals surface area (Å²) in [5.41, 5.74) is 0.121. The number of thiophene rings is 1. The van der Waals surface area contributed by atoms with Crippen molar-refractivity contribution in [2.75, 3.05) is 14.2 Å². The van der Waals surface area contributed by atoms with E-state index in [2.05, 4.69) is 5.32 Å². The van der Waals surface area contributed by atoms with Gasteiger partial charge >= 0.3 is 6.18 Å². The van der Waals surface area contributed by atoms with Crippen molar-refractivity contribution in [1.82, 2.24) is 5.32 Å². The van der Waals surface area contributed by atoms with Crippen molar-refractivity contribution < 1.29 is 17.9 Å². The number of halogens is 3. The highest BCUT2D eigenvalue weighted by molar-refractivity contribution is 7.10. The van der Waals surface area contributed by atoms with Crippen LogP contribution in [0.3, 0.4) is 0 Å². The summed E-state index contributed by atoms with van der Waals surface area (Å²) in [7, 11) is 3.34. The predicted molar refractivity (Wildman–Crippen MR) is 73.2 cm³/mol. The largest absolute Gasteiger partial charge is 0.496 e. The third-order valence-electron chi connectivity index (χ3n) is 3.00. The van der Waals surface area contributed by atoms with E-state index < -0.39 is 11.7 Å². The van der Waals surface area contributed by atoms with Gasteiger partial charge in [0.25, 0.3) is 0 Å². The first-order chi connectivity index (χ1) is 9.47. The Hall–Kier alpha value is -1.53. The lowest BCUT2D eigenvalue weighted by Crippen LogP contribution is -2.17. The molecule has 0 aliphatic rings. The fraction of sp³-hybridized carbons (Fsp3) is 0.286. The van der Waals surface area contributed by atoms with Crippen molar-refractivity contribution in [2.24, 2.45) is 0 Å². The van der Waals surface area contributed by atoms with Gasteiger partial charge in [0.15, 0.2) is 0 Å². The minimum atomic E-state index is -4.31. The van der Waals surface area contributed by atoms with Gasteiger partial charge in [-0.3, -0.25) is 0 Å². The quantitative estimate of drug-likeness (QED) is 0.918. The second-order valence-electron chi connectivity index (χ2n) is 4.19. The lowest BCUT2D eigenvalue weighted by molar-refractivity contribution is -0.137. The van der Waals surface area contributed by atoms with Crippen LogP contribution < -0.4 is 10.1 Å². The fourth-order valence-electron chi connectivity index (χ4n) is 2.00. The summed E-state index contributed by atoms with van der Waals surface area (Å²) in [5, 5.41) is 4.99. The number of ether oxygens (including phenoxy) is 1. The van der Waals surface area contributed by atoms with Crippen LogP contribution in [0.1, 0.15) is 22.0 Å². The molecule has 2 nitrogen and oxygen atoms in total. The molecule has 1 N–H and O–H groups in total. The Morgan fingerprint density at radius 3 is 2.30 bits per heavy atom. The first-order valence-electron chi connectivity index (χ1n) is 5.93. The van der Waals surface area contributed by atoms with E-state index in [1.54, 1.807) is 14.2 Å². The molecule has 2 rings (SSSR count). The zero-order valence-electron chi connectivity index (χ0n) is 11.0. The van der Waals surface area contributed by atoms with Crippen LogP contribution in [0.5, 0.6) is 5.75 Å². The van der Waals surface area contributed by atoms with E-state index in [9.17, 15) is 13.2 Å². The molecule has 108 valence electrons. The maximum Gasteiger partial charge on any atom is 0.416 e. The second-order valence-corrected chi connectivity index (χ2v) is 5.14. The van der Waals surface area contributed by atoms with Crippen molar-refractivity contribution in [3.8, 4) is 5.75 Å². The van der Waals surface area contributed by atoms with E-state index >= 15 is 0 Å². The minimum Gasteiger partial charge on any atom is -0.496 e. The smallest absolute Gasteiger partial charge is 0.416 e. The highest BCUT2D eigenvalue weighted by Gasteiger charge is 2.30. The van der Waals surface area contributed by atoms with Crippen LogP contribution in [0, 0.1) is 0 Å². The highest BCUT2D eigenvalue weighted by atomic mass is 32.1. The molecule has 0 spiro atoms. The molecule has 0 aliphatic heterocycles. The average Bonchev–Trinajstić information content (AvgIpc) is 2.87. The molecule has 2 aromatic rings. The van der Waals surface area contributed by atoms with Crippen molar-refractivity contribution in [2.45, 2.75) is 12.2 Å². The topological polar surface area (TPSA) is 21.3 Å². The molecule has 1 aromatic heterocycles. The maximum absolute atomic E-state index is 12.6. The number of hydrogen-bond acceptors (Lipinski definition) is 3. The highest BCUT2D eigenvalue weighted by Crippen LogP contribution is 2.36. The molecule has 0 saturated carbocycles. The Bertz CT molecular complexity index is 563. The number of hydrogen-bond donors (Lipinski definition) is 1. The van der Waals surface area contributed by atoms with Gasteiger partial charge in [0, 0.05) is 0 Å². The molecular formula is C14H14F3NOS. The van der Waals surface area contributed by atoms with Gasteiger partial charge < -0.3 is 10.1 Å². The lowest BCUT2D eigenvalue weighted by atomic mass is 10.0. The Labute approximate surface area is 119 Å². The van der Waals surface area contributed by atoms with Gasteiger partial charge in [-0.15, -0.1) is 11.3 Å². The Morgan fingerprint density at radius 2 is 1.80 bits per heavy atom. The van der Waals surface area contributed by atoms with Crippen molar-refractivity contribution in [3.05, 3.63) is 51.7 Å². The van der Waals surface area contributed by atoms with Gasteiger partial charge in [0.1, 0.15) is 5.75 Å². The van der Waals surface area contributed by atoms with Gasteiger partial charge in [-0.05, 0) is 36.2 Å². The summed E-state index contributed by atoms with van der Waals surface area (Å²) in [6, 6.07) is 6.83. The van der Waals surface area contributed by atoms with E-state index in [1.165, 1.54) is 23.5 Å². The SMILES string of the molecule is CNC(c1ccc(C(F)(F)F)cc1)c1sccc1OC. The van der Waals surface area contributed by atoms with Crippen LogP contribution in [0.25, 0.3) is 0 Å². The first-order valence-corrected chi connectivity index (χ1v) is 6.81. The van der Waals surface area contributed by atoms with Crippen LogP contribution >= 0.6 is 11.3 Å². The monoisotopic (exact) mass is 301 g/mol. The van der Waals surface area contributed by atoms with E-state index in [4.69, 9.17) is 4.74 Å². The van der Waals surface area contributed by atoms with Crippen LogP contribution in [0.15, 0.2) is 35.7 Å². The molecule has 6 heteroatoms. The molecule has 0 aliphatic carbocycles. The summed E-state index contributed by atoms with van der Waals surface area (Å²) in [5.74, 6) is 0.731. The molecule has 20 heavy (non-hydrogen) atoms. The third-order valence-corrected chi connectivity index (χ3v) is 3.96. The lowest BCUT2D eigenvalue weighted by Gasteiger charge is -2.17. The standard InChI is InChI=1S/C14H14F3NOS/c1-18-12(13-11(19-2)7-8-20-13)9-3-5-10(6-4-9)14(15,16)17/h3-8,12,18H,1-2H3. The van der Waals surface area contributed by atoms with E-state index in [1.807, 2.05) is 11.4 Å². The van der Waals surface area contributed by atoms with Gasteiger partial charge in [0.05, 0.1) is 23.6 Å². The Balaban J connectivity index is 2.33. The molecule has 0 bridgehead atoms. The molecule has 0 fully saturated rings. The van der Waals surface area contributed by atoms with Crippen molar-refractivity contribution >= 4 is 11.3 Å². The van der Waals surface area contributed by atoms with Crippen LogP contribution in [-0.4, -0.2) is 14.2 Å². The number of methoxy groups -OCH3 is 1. The van der Waals surface area contributed by atoms with Crippen LogP contribution in [0.2, 0.25) is 0 Å². The summed E-state index contributed by atoms with van der Waals surface area (Å²) >= 11 is 1.50. The molecular weight excluding hydrogens is 287 g/mol. The number of rotatable bonds is 4. The zero-order chi connectivity index (χ0) is 14.8. The Morgan fingerprint density at radius 1 is 1.15 bits per heavy atom. The summed E-state index contributed by atoms with van der Waals surface area (Å²) in [4.78, 5) is 0.940. The molecule has 1 heterocycles. The molecule has 0 saturated heterocycles. The molecule has 1 unspecified atom stereocenters. The number of alkyl halides is 3. The van der Waals surface area contributed by atoms with Crippen molar-refractivity contribution in [1.29, 1.82) is 0 Å². The van der Waals surface area contributed by atoms with E-state index in [0.29, 0.717) is 0 Å². The fourth-order valence-corrected chi connectivity index (χ4v) is 3.00. The molecule has 1 aromatic carbocycles. The van der Waals surface area contributed by atoms with Gasteiger partial charge in [-0.1, -0.05) is 12.1 Å². The third kappa shape index (κ3) is 2.96. The molecule has 1 atom stereocenters. The molecule has 0 radical (unpaired) electrons. The van der Waals surface area contributed by atoms with E-state index in [-0.39, 0.29) is 6.04 Å². The van der Waals surface area contributed by atoms with Gasteiger partial charge in [0.2, 0.25) is 0 Å². The number of benzene rings is 1. The average molecular weight is 301 g/mol. The predicted octanol–water partition coefficient (Wildman–Crippen LogP) is 4.08.